The molecule has 2 aromatic carbocycles. The van der Waals surface area contributed by atoms with E-state index < -0.39 is 0 Å². The van der Waals surface area contributed by atoms with Crippen LogP contribution in [0.4, 0.5) is 10.5 Å². The monoisotopic (exact) mass is 471 g/mol. The molecule has 3 amide bonds. The van der Waals surface area contributed by atoms with E-state index in [1.54, 1.807) is 47.6 Å². The van der Waals surface area contributed by atoms with Crippen LogP contribution in [0.1, 0.15) is 23.3 Å². The number of benzene rings is 2. The predicted molar refractivity (Wildman–Crippen MR) is 132 cm³/mol. The number of nitrogens with zero attached hydrogens (tertiary/aromatic N) is 4. The molecule has 1 N–H and O–H groups in total. The van der Waals surface area contributed by atoms with Crippen LogP contribution in [0.25, 0.3) is 0 Å². The van der Waals surface area contributed by atoms with Crippen molar-refractivity contribution in [3.8, 4) is 6.07 Å². The van der Waals surface area contributed by atoms with Crippen LogP contribution in [-0.2, 0) is 17.9 Å². The van der Waals surface area contributed by atoms with E-state index >= 15 is 0 Å². The fraction of sp³-hybridized carbons (Fsp3) is 0.296. The first kappa shape index (κ1) is 24.0. The van der Waals surface area contributed by atoms with Gasteiger partial charge in [-0.2, -0.15) is 5.26 Å². The number of amides is 3. The molecule has 0 unspecified atom stereocenters. The third kappa shape index (κ3) is 6.95. The summed E-state index contributed by atoms with van der Waals surface area (Å²) in [6.07, 6.45) is 1.78. The number of urea groups is 1. The van der Waals surface area contributed by atoms with Crippen molar-refractivity contribution in [2.24, 2.45) is 0 Å². The van der Waals surface area contributed by atoms with Crippen LogP contribution in [-0.4, -0.2) is 59.4 Å². The van der Waals surface area contributed by atoms with Crippen LogP contribution in [0.2, 0.25) is 0 Å². The molecule has 1 aliphatic rings. The summed E-state index contributed by atoms with van der Waals surface area (Å²) in [6.45, 7) is 4.39. The van der Waals surface area contributed by atoms with Crippen LogP contribution in [0.15, 0.2) is 77.4 Å². The molecule has 2 heterocycles. The lowest BCUT2D eigenvalue weighted by Gasteiger charge is -2.35. The highest BCUT2D eigenvalue weighted by Gasteiger charge is 2.23. The van der Waals surface area contributed by atoms with Crippen LogP contribution < -0.4 is 5.32 Å². The maximum absolute atomic E-state index is 13.0. The Labute approximate surface area is 205 Å². The van der Waals surface area contributed by atoms with Crippen LogP contribution in [0.5, 0.6) is 0 Å². The summed E-state index contributed by atoms with van der Waals surface area (Å²) in [5, 5.41) is 11.9. The summed E-state index contributed by atoms with van der Waals surface area (Å²) < 4.78 is 5.42. The molecule has 0 bridgehead atoms. The summed E-state index contributed by atoms with van der Waals surface area (Å²) in [5.41, 5.74) is 2.26. The Morgan fingerprint density at radius 2 is 1.80 bits per heavy atom. The van der Waals surface area contributed by atoms with E-state index in [4.69, 9.17) is 9.68 Å². The van der Waals surface area contributed by atoms with Crippen LogP contribution in [0, 0.1) is 11.3 Å². The molecule has 1 saturated heterocycles. The second-order valence-electron chi connectivity index (χ2n) is 8.52. The summed E-state index contributed by atoms with van der Waals surface area (Å²) in [4.78, 5) is 31.7. The van der Waals surface area contributed by atoms with E-state index in [9.17, 15) is 9.59 Å². The lowest BCUT2D eigenvalue weighted by molar-refractivity contribution is -0.133. The molecule has 4 rings (SSSR count). The fourth-order valence-electron chi connectivity index (χ4n) is 4.10. The number of rotatable bonds is 8. The highest BCUT2D eigenvalue weighted by molar-refractivity contribution is 5.89. The first-order valence-electron chi connectivity index (χ1n) is 11.7. The van der Waals surface area contributed by atoms with Crippen molar-refractivity contribution in [3.05, 3.63) is 89.9 Å². The Morgan fingerprint density at radius 1 is 1.00 bits per heavy atom. The lowest BCUT2D eigenvalue weighted by Crippen LogP contribution is -2.49. The van der Waals surface area contributed by atoms with Gasteiger partial charge in [0.05, 0.1) is 24.4 Å². The van der Waals surface area contributed by atoms with E-state index in [2.05, 4.69) is 28.4 Å². The Bertz CT molecular complexity index is 1150. The Morgan fingerprint density at radius 3 is 2.51 bits per heavy atom. The number of carbonyl (C=O) groups is 2. The van der Waals surface area contributed by atoms with Crippen molar-refractivity contribution < 1.29 is 14.0 Å². The smallest absolute Gasteiger partial charge is 0.322 e. The van der Waals surface area contributed by atoms with E-state index in [0.29, 0.717) is 30.1 Å². The van der Waals surface area contributed by atoms with Gasteiger partial charge in [-0.25, -0.2) is 4.79 Å². The maximum Gasteiger partial charge on any atom is 0.322 e. The third-order valence-electron chi connectivity index (χ3n) is 6.03. The van der Waals surface area contributed by atoms with Crippen LogP contribution in [0.3, 0.4) is 0 Å². The van der Waals surface area contributed by atoms with Gasteiger partial charge in [-0.15, -0.1) is 0 Å². The van der Waals surface area contributed by atoms with Gasteiger partial charge >= 0.3 is 6.03 Å². The van der Waals surface area contributed by atoms with Gasteiger partial charge in [0.1, 0.15) is 5.76 Å². The minimum Gasteiger partial charge on any atom is -0.467 e. The van der Waals surface area contributed by atoms with Crippen molar-refractivity contribution in [3.63, 3.8) is 0 Å². The highest BCUT2D eigenvalue weighted by atomic mass is 16.3. The number of piperazine rings is 1. The predicted octanol–water partition coefficient (Wildman–Crippen LogP) is 3.92. The molecule has 8 heteroatoms. The first-order chi connectivity index (χ1) is 17.1. The normalized spacial score (nSPS) is 13.7. The lowest BCUT2D eigenvalue weighted by atomic mass is 10.2. The van der Waals surface area contributed by atoms with Gasteiger partial charge in [-0.3, -0.25) is 9.69 Å². The number of carbonyl (C=O) groups excluding carboxylic acids is 2. The largest absolute Gasteiger partial charge is 0.467 e. The molecule has 180 valence electrons. The van der Waals surface area contributed by atoms with E-state index in [1.165, 1.54) is 5.56 Å². The van der Waals surface area contributed by atoms with Crippen molar-refractivity contribution in [1.82, 2.24) is 14.7 Å². The third-order valence-corrected chi connectivity index (χ3v) is 6.03. The zero-order valence-electron chi connectivity index (χ0n) is 19.6. The van der Waals surface area contributed by atoms with Crippen LogP contribution >= 0.6 is 0 Å². The average Bonchev–Trinajstić information content (AvgIpc) is 3.41. The minimum absolute atomic E-state index is 0.0353. The molecule has 35 heavy (non-hydrogen) atoms. The Balaban J connectivity index is 1.31. The average molecular weight is 472 g/mol. The van der Waals surface area contributed by atoms with E-state index in [0.717, 1.165) is 19.6 Å². The first-order valence-corrected chi connectivity index (χ1v) is 11.7. The number of nitrogens with one attached hydrogen (secondary N) is 1. The van der Waals surface area contributed by atoms with E-state index in [-0.39, 0.29) is 31.4 Å². The molecule has 1 aliphatic heterocycles. The Kier molecular flexibility index (Phi) is 8.15. The molecule has 1 aromatic heterocycles. The number of anilines is 1. The van der Waals surface area contributed by atoms with Gasteiger partial charge in [0.15, 0.2) is 0 Å². The van der Waals surface area contributed by atoms with Gasteiger partial charge in [-0.1, -0.05) is 36.4 Å². The molecule has 1 fully saturated rings. The highest BCUT2D eigenvalue weighted by Crippen LogP contribution is 2.14. The van der Waals surface area contributed by atoms with Crippen molar-refractivity contribution in [2.45, 2.75) is 19.5 Å². The standard InChI is InChI=1S/C27H29N5O3/c28-19-23-8-4-9-24(18-23)29-27(34)32(21-25-10-5-17-35-25)12-11-26(33)31-15-13-30(14-16-31)20-22-6-2-1-3-7-22/h1-10,17-18H,11-16,20-21H2,(H,29,34). The van der Waals surface area contributed by atoms with Crippen molar-refractivity contribution in [2.75, 3.05) is 38.0 Å². The number of hydrogen-bond acceptors (Lipinski definition) is 5. The van der Waals surface area contributed by atoms with Gasteiger partial charge in [0, 0.05) is 51.4 Å². The zero-order valence-corrected chi connectivity index (χ0v) is 19.6. The molecule has 0 aliphatic carbocycles. The molecule has 0 saturated carbocycles. The molecule has 0 spiro atoms. The minimum atomic E-state index is -0.350. The molecule has 0 atom stereocenters. The SMILES string of the molecule is N#Cc1cccc(NC(=O)N(CCC(=O)N2CCN(Cc3ccccc3)CC2)Cc2ccco2)c1. The molecular weight excluding hydrogens is 442 g/mol. The second-order valence-corrected chi connectivity index (χ2v) is 8.52. The van der Waals surface area contributed by atoms with Gasteiger partial charge in [0.2, 0.25) is 5.91 Å². The number of furan rings is 1. The second kappa shape index (κ2) is 11.9. The number of nitriles is 1. The maximum atomic E-state index is 13.0. The Hall–Kier alpha value is -4.09. The van der Waals surface area contributed by atoms with Gasteiger partial charge < -0.3 is 19.5 Å². The van der Waals surface area contributed by atoms with Crippen molar-refractivity contribution in [1.29, 1.82) is 5.26 Å². The van der Waals surface area contributed by atoms with Gasteiger partial charge in [0.25, 0.3) is 0 Å². The van der Waals surface area contributed by atoms with Gasteiger partial charge in [-0.05, 0) is 35.9 Å². The summed E-state index contributed by atoms with van der Waals surface area (Å²) >= 11 is 0. The number of hydrogen-bond donors (Lipinski definition) is 1. The zero-order chi connectivity index (χ0) is 24.5. The molecule has 3 aromatic rings. The summed E-state index contributed by atoms with van der Waals surface area (Å²) in [7, 11) is 0. The molecule has 0 radical (unpaired) electrons. The quantitative estimate of drug-likeness (QED) is 0.538. The summed E-state index contributed by atoms with van der Waals surface area (Å²) in [5.74, 6) is 0.668. The van der Waals surface area contributed by atoms with Crippen molar-refractivity contribution >= 4 is 17.6 Å². The van der Waals surface area contributed by atoms with E-state index in [1.807, 2.05) is 23.1 Å². The topological polar surface area (TPSA) is 92.8 Å². The fourth-order valence-corrected chi connectivity index (χ4v) is 4.10. The summed E-state index contributed by atoms with van der Waals surface area (Å²) in [6, 6.07) is 22.3. The molecule has 8 nitrogen and oxygen atoms in total. The molecular formula is C27H29N5O3.